The summed E-state index contributed by atoms with van der Waals surface area (Å²) in [7, 11) is 0. The lowest BCUT2D eigenvalue weighted by atomic mass is 10.0. The number of benzene rings is 1. The first-order valence-corrected chi connectivity index (χ1v) is 8.82. The molecule has 0 N–H and O–H groups in total. The molecular weight excluding hydrogens is 284 g/mol. The molecule has 2 aromatic rings. The Hall–Kier alpha value is -1.90. The Morgan fingerprint density at radius 2 is 1.74 bits per heavy atom. The molecule has 0 atom stereocenters. The van der Waals surface area contributed by atoms with Crippen LogP contribution in [0.15, 0.2) is 30.3 Å². The van der Waals surface area contributed by atoms with Crippen LogP contribution in [0.25, 0.3) is 0 Å². The van der Waals surface area contributed by atoms with E-state index < -0.39 is 0 Å². The maximum absolute atomic E-state index is 5.96. The minimum atomic E-state index is 0.304. The Kier molecular flexibility index (Phi) is 5.27. The van der Waals surface area contributed by atoms with E-state index in [-0.39, 0.29) is 0 Å². The molecule has 1 aromatic heterocycles. The average molecular weight is 310 g/mol. The summed E-state index contributed by atoms with van der Waals surface area (Å²) in [5.41, 5.74) is 4.70. The van der Waals surface area contributed by atoms with Crippen LogP contribution in [0.4, 0.5) is 0 Å². The van der Waals surface area contributed by atoms with Crippen LogP contribution in [0.1, 0.15) is 61.5 Å². The molecule has 1 fully saturated rings. The summed E-state index contributed by atoms with van der Waals surface area (Å²) in [6.07, 6.45) is 8.24. The highest BCUT2D eigenvalue weighted by Crippen LogP contribution is 2.22. The van der Waals surface area contributed by atoms with E-state index in [2.05, 4.69) is 47.2 Å². The third-order valence-corrected chi connectivity index (χ3v) is 4.41. The van der Waals surface area contributed by atoms with E-state index in [1.807, 2.05) is 6.92 Å². The second-order valence-corrected chi connectivity index (χ2v) is 6.55. The third-order valence-electron chi connectivity index (χ3n) is 4.41. The molecule has 0 spiro atoms. The van der Waals surface area contributed by atoms with Gasteiger partial charge in [0.2, 0.25) is 0 Å². The summed E-state index contributed by atoms with van der Waals surface area (Å²) in [5.74, 6) is 0. The molecule has 0 aliphatic heterocycles. The minimum absolute atomic E-state index is 0.304. The molecule has 1 heterocycles. The highest BCUT2D eigenvalue weighted by Gasteiger charge is 2.18. The maximum atomic E-state index is 5.96. The van der Waals surface area contributed by atoms with Gasteiger partial charge in [0, 0.05) is 12.1 Å². The molecule has 0 saturated heterocycles. The topological polar surface area (TPSA) is 35.0 Å². The van der Waals surface area contributed by atoms with Crippen LogP contribution in [-0.2, 0) is 12.8 Å². The predicted octanol–water partition coefficient (Wildman–Crippen LogP) is 4.65. The number of aromatic nitrogens is 2. The van der Waals surface area contributed by atoms with Gasteiger partial charge in [0.1, 0.15) is 6.10 Å². The van der Waals surface area contributed by atoms with Crippen LogP contribution >= 0.6 is 0 Å². The second-order valence-electron chi connectivity index (χ2n) is 6.55. The van der Waals surface area contributed by atoms with Gasteiger partial charge in [-0.1, -0.05) is 37.6 Å². The van der Waals surface area contributed by atoms with E-state index in [1.54, 1.807) is 0 Å². The number of ether oxygens (including phenoxy) is 1. The van der Waals surface area contributed by atoms with E-state index in [0.717, 1.165) is 37.1 Å². The Morgan fingerprint density at radius 3 is 2.43 bits per heavy atom. The van der Waals surface area contributed by atoms with Gasteiger partial charge < -0.3 is 4.74 Å². The molecule has 1 aliphatic carbocycles. The van der Waals surface area contributed by atoms with Crippen molar-refractivity contribution in [2.45, 2.75) is 64.9 Å². The zero-order chi connectivity index (χ0) is 16.1. The number of hydrogen-bond acceptors (Lipinski definition) is 3. The third kappa shape index (κ3) is 4.54. The summed E-state index contributed by atoms with van der Waals surface area (Å²) in [6.45, 7) is 4.22. The van der Waals surface area contributed by atoms with Crippen LogP contribution in [0, 0.1) is 6.92 Å². The first-order valence-electron chi connectivity index (χ1n) is 8.82. The van der Waals surface area contributed by atoms with E-state index >= 15 is 0 Å². The Bertz CT molecular complexity index is 631. The number of aryl methyl sites for hydroxylation is 2. The predicted molar refractivity (Wildman–Crippen MR) is 92.9 cm³/mol. The lowest BCUT2D eigenvalue weighted by Gasteiger charge is -2.12. The van der Waals surface area contributed by atoms with Crippen molar-refractivity contribution >= 4 is 0 Å². The first-order chi connectivity index (χ1) is 11.2. The fraction of sp³-hybridized carbons (Fsp3) is 0.500. The summed E-state index contributed by atoms with van der Waals surface area (Å²) in [6, 6.07) is 11.5. The summed E-state index contributed by atoms with van der Waals surface area (Å²) in [5, 5.41) is 0. The van der Waals surface area contributed by atoms with Crippen LogP contribution in [0.3, 0.4) is 0 Å². The van der Waals surface area contributed by atoms with Gasteiger partial charge in [-0.15, -0.1) is 0 Å². The zero-order valence-electron chi connectivity index (χ0n) is 14.2. The molecule has 1 aliphatic rings. The standard InChI is InChI=1S/C20H26N2O/c1-3-6-16-9-11-17(12-10-16)14-18-13-15(2)21-20(22-18)23-19-7-4-5-8-19/h9-13,19H,3-8,14H2,1-2H3. The molecule has 3 nitrogen and oxygen atoms in total. The van der Waals surface area contributed by atoms with Crippen LogP contribution < -0.4 is 4.74 Å². The highest BCUT2D eigenvalue weighted by molar-refractivity contribution is 5.27. The Balaban J connectivity index is 1.70. The number of rotatable bonds is 6. The SMILES string of the molecule is CCCc1ccc(Cc2cc(C)nc(OC3CCCC3)n2)cc1. The number of nitrogens with zero attached hydrogens (tertiary/aromatic N) is 2. The minimum Gasteiger partial charge on any atom is -0.460 e. The molecular formula is C20H26N2O. The molecule has 23 heavy (non-hydrogen) atoms. The van der Waals surface area contributed by atoms with Gasteiger partial charge in [-0.05, 0) is 56.2 Å². The second kappa shape index (κ2) is 7.58. The van der Waals surface area contributed by atoms with Crippen molar-refractivity contribution in [3.8, 4) is 6.01 Å². The van der Waals surface area contributed by atoms with Crippen LogP contribution in [0.5, 0.6) is 6.01 Å². The smallest absolute Gasteiger partial charge is 0.317 e. The maximum Gasteiger partial charge on any atom is 0.317 e. The summed E-state index contributed by atoms with van der Waals surface area (Å²) < 4.78 is 5.96. The fourth-order valence-electron chi connectivity index (χ4n) is 3.22. The van der Waals surface area contributed by atoms with Gasteiger partial charge in [-0.3, -0.25) is 0 Å². The lowest BCUT2D eigenvalue weighted by molar-refractivity contribution is 0.191. The van der Waals surface area contributed by atoms with Crippen LogP contribution in [0.2, 0.25) is 0 Å². The molecule has 1 saturated carbocycles. The van der Waals surface area contributed by atoms with Crippen molar-refractivity contribution in [1.29, 1.82) is 0 Å². The van der Waals surface area contributed by atoms with Gasteiger partial charge >= 0.3 is 6.01 Å². The van der Waals surface area contributed by atoms with E-state index in [9.17, 15) is 0 Å². The van der Waals surface area contributed by atoms with Gasteiger partial charge in [0.25, 0.3) is 0 Å². The normalized spacial score (nSPS) is 15.0. The van der Waals surface area contributed by atoms with Gasteiger partial charge in [-0.25, -0.2) is 4.98 Å². The molecule has 0 radical (unpaired) electrons. The number of hydrogen-bond donors (Lipinski definition) is 0. The van der Waals surface area contributed by atoms with Gasteiger partial charge in [0.15, 0.2) is 0 Å². The zero-order valence-corrected chi connectivity index (χ0v) is 14.2. The van der Waals surface area contributed by atoms with Crippen molar-refractivity contribution in [2.75, 3.05) is 0 Å². The largest absolute Gasteiger partial charge is 0.460 e. The Morgan fingerprint density at radius 1 is 1.04 bits per heavy atom. The van der Waals surface area contributed by atoms with Crippen molar-refractivity contribution in [3.63, 3.8) is 0 Å². The quantitative estimate of drug-likeness (QED) is 0.779. The molecule has 1 aromatic carbocycles. The molecule has 122 valence electrons. The van der Waals surface area contributed by atoms with E-state index in [4.69, 9.17) is 4.74 Å². The molecule has 0 unspecified atom stereocenters. The van der Waals surface area contributed by atoms with Crippen molar-refractivity contribution < 1.29 is 4.74 Å². The average Bonchev–Trinajstić information content (AvgIpc) is 3.02. The van der Waals surface area contributed by atoms with Crippen molar-refractivity contribution in [1.82, 2.24) is 9.97 Å². The lowest BCUT2D eigenvalue weighted by Crippen LogP contribution is -2.14. The molecule has 3 rings (SSSR count). The van der Waals surface area contributed by atoms with Crippen molar-refractivity contribution in [3.05, 3.63) is 52.8 Å². The molecule has 0 bridgehead atoms. The molecule has 3 heteroatoms. The van der Waals surface area contributed by atoms with E-state index in [0.29, 0.717) is 12.1 Å². The molecule has 0 amide bonds. The van der Waals surface area contributed by atoms with Crippen molar-refractivity contribution in [2.24, 2.45) is 0 Å². The highest BCUT2D eigenvalue weighted by atomic mass is 16.5. The van der Waals surface area contributed by atoms with Gasteiger partial charge in [-0.2, -0.15) is 4.98 Å². The van der Waals surface area contributed by atoms with Crippen LogP contribution in [-0.4, -0.2) is 16.1 Å². The first kappa shape index (κ1) is 16.0. The summed E-state index contributed by atoms with van der Waals surface area (Å²) >= 11 is 0. The van der Waals surface area contributed by atoms with E-state index in [1.165, 1.54) is 30.4 Å². The van der Waals surface area contributed by atoms with Gasteiger partial charge in [0.05, 0.1) is 5.69 Å². The fourth-order valence-corrected chi connectivity index (χ4v) is 3.22. The Labute approximate surface area is 139 Å². The summed E-state index contributed by atoms with van der Waals surface area (Å²) in [4.78, 5) is 9.06. The monoisotopic (exact) mass is 310 g/mol.